The number of nitro groups is 1. The van der Waals surface area contributed by atoms with Crippen LogP contribution in [-0.2, 0) is 6.54 Å². The van der Waals surface area contributed by atoms with Crippen molar-refractivity contribution in [3.8, 4) is 17.1 Å². The van der Waals surface area contributed by atoms with Crippen molar-refractivity contribution in [2.45, 2.75) is 33.2 Å². The van der Waals surface area contributed by atoms with Gasteiger partial charge in [-0.15, -0.1) is 0 Å². The molecule has 0 fully saturated rings. The molecule has 0 radical (unpaired) electrons. The Morgan fingerprint density at radius 3 is 2.56 bits per heavy atom. The molecule has 7 heteroatoms. The third-order valence-electron chi connectivity index (χ3n) is 4.33. The fourth-order valence-corrected chi connectivity index (χ4v) is 2.91. The Morgan fingerprint density at radius 1 is 1.19 bits per heavy atom. The molecule has 2 aromatic carbocycles. The van der Waals surface area contributed by atoms with Gasteiger partial charge in [0.05, 0.1) is 11.5 Å². The summed E-state index contributed by atoms with van der Waals surface area (Å²) in [5, 5.41) is 15.1. The molecule has 140 valence electrons. The monoisotopic (exact) mass is 366 g/mol. The summed E-state index contributed by atoms with van der Waals surface area (Å²) in [4.78, 5) is 14.5. The van der Waals surface area contributed by atoms with Gasteiger partial charge in [0.1, 0.15) is 18.7 Å². The van der Waals surface area contributed by atoms with Gasteiger partial charge in [0.25, 0.3) is 5.69 Å². The van der Waals surface area contributed by atoms with Crippen molar-refractivity contribution in [1.82, 2.24) is 14.8 Å². The summed E-state index contributed by atoms with van der Waals surface area (Å²) in [6.45, 7) is 7.48. The fourth-order valence-electron chi connectivity index (χ4n) is 2.91. The number of hydrogen-bond donors (Lipinski definition) is 0. The molecule has 1 aromatic heterocycles. The first-order valence-electron chi connectivity index (χ1n) is 8.81. The SMILES string of the molecule is Cc1cc(OCCn2cnc(-c3ccc([N+](=O)[O-])cc3)n2)ccc1C(C)C. The second-order valence-electron chi connectivity index (χ2n) is 6.66. The molecule has 0 aliphatic carbocycles. The normalized spacial score (nSPS) is 11.0. The lowest BCUT2D eigenvalue weighted by molar-refractivity contribution is -0.384. The Kier molecular flexibility index (Phi) is 5.49. The summed E-state index contributed by atoms with van der Waals surface area (Å²) in [5.41, 5.74) is 3.33. The number of non-ortho nitro benzene ring substituents is 1. The zero-order valence-corrected chi connectivity index (χ0v) is 15.6. The smallest absolute Gasteiger partial charge is 0.269 e. The van der Waals surface area contributed by atoms with E-state index in [0.29, 0.717) is 24.9 Å². The maximum Gasteiger partial charge on any atom is 0.269 e. The molecule has 3 aromatic rings. The van der Waals surface area contributed by atoms with Crippen LogP contribution >= 0.6 is 0 Å². The van der Waals surface area contributed by atoms with Crippen molar-refractivity contribution in [2.24, 2.45) is 0 Å². The minimum absolute atomic E-state index is 0.0466. The Hall–Kier alpha value is -3.22. The van der Waals surface area contributed by atoms with Gasteiger partial charge in [0.2, 0.25) is 0 Å². The molecular formula is C20H22N4O3. The Labute approximate surface area is 157 Å². The summed E-state index contributed by atoms with van der Waals surface area (Å²) in [7, 11) is 0. The second-order valence-corrected chi connectivity index (χ2v) is 6.66. The maximum absolute atomic E-state index is 10.7. The van der Waals surface area contributed by atoms with Gasteiger partial charge in [-0.25, -0.2) is 9.67 Å². The molecule has 0 saturated carbocycles. The van der Waals surface area contributed by atoms with E-state index in [1.54, 1.807) is 23.1 Å². The van der Waals surface area contributed by atoms with E-state index in [4.69, 9.17) is 4.74 Å². The number of nitrogens with zero attached hydrogens (tertiary/aromatic N) is 4. The number of rotatable bonds is 7. The molecule has 0 bridgehead atoms. The summed E-state index contributed by atoms with van der Waals surface area (Å²) >= 11 is 0. The van der Waals surface area contributed by atoms with Crippen LogP contribution in [0.2, 0.25) is 0 Å². The van der Waals surface area contributed by atoms with Crippen molar-refractivity contribution in [1.29, 1.82) is 0 Å². The van der Waals surface area contributed by atoms with E-state index in [1.165, 1.54) is 23.3 Å². The molecule has 0 unspecified atom stereocenters. The average molecular weight is 366 g/mol. The molecule has 1 heterocycles. The number of aromatic nitrogens is 3. The number of hydrogen-bond acceptors (Lipinski definition) is 5. The van der Waals surface area contributed by atoms with Crippen molar-refractivity contribution < 1.29 is 9.66 Å². The van der Waals surface area contributed by atoms with E-state index in [-0.39, 0.29) is 5.69 Å². The van der Waals surface area contributed by atoms with Gasteiger partial charge in [-0.1, -0.05) is 19.9 Å². The van der Waals surface area contributed by atoms with Gasteiger partial charge in [0, 0.05) is 17.7 Å². The van der Waals surface area contributed by atoms with E-state index in [2.05, 4.69) is 43.0 Å². The standard InChI is InChI=1S/C20H22N4O3/c1-14(2)19-9-8-18(12-15(19)3)27-11-10-23-13-21-20(22-23)16-4-6-17(7-5-16)24(25)26/h4-9,12-14H,10-11H2,1-3H3. The molecule has 27 heavy (non-hydrogen) atoms. The minimum Gasteiger partial charge on any atom is -0.492 e. The summed E-state index contributed by atoms with van der Waals surface area (Å²) in [6, 6.07) is 12.3. The molecule has 0 spiro atoms. The predicted molar refractivity (Wildman–Crippen MR) is 103 cm³/mol. The van der Waals surface area contributed by atoms with Gasteiger partial charge in [-0.2, -0.15) is 5.10 Å². The highest BCUT2D eigenvalue weighted by atomic mass is 16.6. The zero-order valence-electron chi connectivity index (χ0n) is 15.6. The van der Waals surface area contributed by atoms with Crippen LogP contribution in [0, 0.1) is 17.0 Å². The minimum atomic E-state index is -0.428. The lowest BCUT2D eigenvalue weighted by Crippen LogP contribution is -2.09. The van der Waals surface area contributed by atoms with Crippen molar-refractivity contribution in [3.63, 3.8) is 0 Å². The highest BCUT2D eigenvalue weighted by Crippen LogP contribution is 2.23. The van der Waals surface area contributed by atoms with Gasteiger partial charge in [-0.3, -0.25) is 10.1 Å². The number of nitro benzene ring substituents is 1. The topological polar surface area (TPSA) is 83.1 Å². The van der Waals surface area contributed by atoms with Crippen LogP contribution < -0.4 is 4.74 Å². The Bertz CT molecular complexity index is 933. The molecule has 3 rings (SSSR count). The highest BCUT2D eigenvalue weighted by Gasteiger charge is 2.09. The summed E-state index contributed by atoms with van der Waals surface area (Å²) in [5.74, 6) is 1.86. The molecule has 0 atom stereocenters. The van der Waals surface area contributed by atoms with Gasteiger partial charge >= 0.3 is 0 Å². The first-order chi connectivity index (χ1) is 12.9. The average Bonchev–Trinajstić information content (AvgIpc) is 3.10. The van der Waals surface area contributed by atoms with E-state index in [1.807, 2.05) is 6.07 Å². The van der Waals surface area contributed by atoms with Crippen molar-refractivity contribution in [3.05, 3.63) is 70.0 Å². The molecule has 0 amide bonds. The maximum atomic E-state index is 10.7. The van der Waals surface area contributed by atoms with E-state index in [0.717, 1.165) is 11.3 Å². The van der Waals surface area contributed by atoms with Crippen LogP contribution in [0.3, 0.4) is 0 Å². The molecule has 0 aliphatic rings. The van der Waals surface area contributed by atoms with Crippen LogP contribution in [0.15, 0.2) is 48.8 Å². The molecular weight excluding hydrogens is 344 g/mol. The molecule has 0 saturated heterocycles. The quantitative estimate of drug-likeness (QED) is 0.458. The van der Waals surface area contributed by atoms with E-state index < -0.39 is 4.92 Å². The van der Waals surface area contributed by atoms with Crippen molar-refractivity contribution >= 4 is 5.69 Å². The van der Waals surface area contributed by atoms with Crippen LogP contribution in [0.25, 0.3) is 11.4 Å². The largest absolute Gasteiger partial charge is 0.492 e. The Morgan fingerprint density at radius 2 is 1.93 bits per heavy atom. The van der Waals surface area contributed by atoms with Gasteiger partial charge in [-0.05, 0) is 48.2 Å². The molecule has 0 N–H and O–H groups in total. The zero-order chi connectivity index (χ0) is 19.4. The lowest BCUT2D eigenvalue weighted by atomic mass is 9.98. The first-order valence-corrected chi connectivity index (χ1v) is 8.81. The molecule has 0 aliphatic heterocycles. The second kappa shape index (κ2) is 7.99. The number of benzene rings is 2. The third kappa shape index (κ3) is 4.49. The van der Waals surface area contributed by atoms with Crippen LogP contribution in [0.1, 0.15) is 30.9 Å². The van der Waals surface area contributed by atoms with Crippen molar-refractivity contribution in [2.75, 3.05) is 6.61 Å². The predicted octanol–water partition coefficient (Wildman–Crippen LogP) is 4.36. The van der Waals surface area contributed by atoms with Crippen LogP contribution in [0.4, 0.5) is 5.69 Å². The number of aryl methyl sites for hydroxylation is 1. The first kappa shape index (κ1) is 18.6. The summed E-state index contributed by atoms with van der Waals surface area (Å²) < 4.78 is 7.52. The van der Waals surface area contributed by atoms with Crippen LogP contribution in [0.5, 0.6) is 5.75 Å². The highest BCUT2D eigenvalue weighted by molar-refractivity contribution is 5.56. The van der Waals surface area contributed by atoms with Gasteiger partial charge < -0.3 is 4.74 Å². The summed E-state index contributed by atoms with van der Waals surface area (Å²) in [6.07, 6.45) is 1.63. The number of ether oxygens (including phenoxy) is 1. The fraction of sp³-hybridized carbons (Fsp3) is 0.300. The Balaban J connectivity index is 1.58. The van der Waals surface area contributed by atoms with Gasteiger partial charge in [0.15, 0.2) is 5.82 Å². The van der Waals surface area contributed by atoms with Crippen LogP contribution in [-0.4, -0.2) is 26.3 Å². The molecule has 7 nitrogen and oxygen atoms in total. The van der Waals surface area contributed by atoms with E-state index in [9.17, 15) is 10.1 Å². The van der Waals surface area contributed by atoms with E-state index >= 15 is 0 Å². The lowest BCUT2D eigenvalue weighted by Gasteiger charge is -2.12. The third-order valence-corrected chi connectivity index (χ3v) is 4.33.